The molecule has 2 rings (SSSR count). The minimum atomic E-state index is -3.72. The fourth-order valence-corrected chi connectivity index (χ4v) is 3.43. The van der Waals surface area contributed by atoms with Crippen LogP contribution in [0.4, 0.5) is 4.39 Å². The molecule has 0 heterocycles. The number of carbonyl (C=O) groups excluding carboxylic acids is 1. The lowest BCUT2D eigenvalue weighted by Crippen LogP contribution is -2.34. The van der Waals surface area contributed by atoms with Crippen molar-refractivity contribution in [3.05, 3.63) is 63.9 Å². The maximum Gasteiger partial charge on any atom is 0.252 e. The number of carbonyl (C=O) groups is 1. The molecular weight excluding hydrogens is 378 g/mol. The number of nitrogens with one attached hydrogen (secondary N) is 2. The van der Waals surface area contributed by atoms with E-state index in [4.69, 9.17) is 23.2 Å². The molecule has 9 heteroatoms. The highest BCUT2D eigenvalue weighted by Gasteiger charge is 2.14. The van der Waals surface area contributed by atoms with Gasteiger partial charge in [-0.25, -0.2) is 17.5 Å². The second kappa shape index (κ2) is 7.94. The first-order valence-corrected chi connectivity index (χ1v) is 9.02. The van der Waals surface area contributed by atoms with Crippen molar-refractivity contribution in [2.75, 3.05) is 13.1 Å². The molecule has 0 aliphatic carbocycles. The molecule has 0 fully saturated rings. The monoisotopic (exact) mass is 390 g/mol. The highest BCUT2D eigenvalue weighted by Crippen LogP contribution is 2.17. The van der Waals surface area contributed by atoms with Crippen LogP contribution in [0.1, 0.15) is 10.4 Å². The summed E-state index contributed by atoms with van der Waals surface area (Å²) in [4.78, 5) is 11.9. The summed E-state index contributed by atoms with van der Waals surface area (Å²) in [5.41, 5.74) is 0.107. The zero-order valence-electron chi connectivity index (χ0n) is 12.2. The third-order valence-corrected chi connectivity index (χ3v) is 4.99. The Kier molecular flexibility index (Phi) is 6.17. The minimum absolute atomic E-state index is 0.0213. The quantitative estimate of drug-likeness (QED) is 0.744. The Morgan fingerprint density at radius 2 is 1.83 bits per heavy atom. The van der Waals surface area contributed by atoms with Crippen LogP contribution < -0.4 is 10.0 Å². The van der Waals surface area contributed by atoms with Crippen LogP contribution in [-0.4, -0.2) is 27.4 Å². The van der Waals surface area contributed by atoms with E-state index >= 15 is 0 Å². The van der Waals surface area contributed by atoms with Gasteiger partial charge in [0.05, 0.1) is 15.5 Å². The fraction of sp³-hybridized carbons (Fsp3) is 0.133. The normalized spacial score (nSPS) is 11.3. The van der Waals surface area contributed by atoms with Crippen LogP contribution in [0, 0.1) is 5.82 Å². The Balaban J connectivity index is 1.89. The molecule has 2 N–H and O–H groups in total. The average molecular weight is 391 g/mol. The number of sulfonamides is 1. The molecule has 0 saturated carbocycles. The number of hydrogen-bond acceptors (Lipinski definition) is 3. The number of rotatable bonds is 6. The predicted molar refractivity (Wildman–Crippen MR) is 90.4 cm³/mol. The Morgan fingerprint density at radius 1 is 1.08 bits per heavy atom. The van der Waals surface area contributed by atoms with Crippen LogP contribution in [-0.2, 0) is 10.0 Å². The summed E-state index contributed by atoms with van der Waals surface area (Å²) < 4.78 is 39.4. The smallest absolute Gasteiger partial charge is 0.252 e. The standard InChI is InChI=1S/C15H13Cl2FN2O3S/c16-10-2-1-3-12(8-10)24(22,23)20-7-6-19-15(21)13-5-4-11(18)9-14(13)17/h1-5,8-9,20H,6-7H2,(H,19,21). The van der Waals surface area contributed by atoms with Crippen molar-refractivity contribution in [3.63, 3.8) is 0 Å². The molecule has 0 unspecified atom stereocenters. The van der Waals surface area contributed by atoms with Gasteiger partial charge in [-0.15, -0.1) is 0 Å². The van der Waals surface area contributed by atoms with Crippen molar-refractivity contribution < 1.29 is 17.6 Å². The number of benzene rings is 2. The number of amides is 1. The lowest BCUT2D eigenvalue weighted by molar-refractivity contribution is 0.0954. The van der Waals surface area contributed by atoms with Crippen molar-refractivity contribution >= 4 is 39.1 Å². The van der Waals surface area contributed by atoms with Crippen LogP contribution >= 0.6 is 23.2 Å². The largest absolute Gasteiger partial charge is 0.351 e. The molecule has 0 aliphatic heterocycles. The second-order valence-corrected chi connectivity index (χ2v) is 7.35. The summed E-state index contributed by atoms with van der Waals surface area (Å²) in [6.07, 6.45) is 0. The topological polar surface area (TPSA) is 75.3 Å². The van der Waals surface area contributed by atoms with Crippen LogP contribution in [0.3, 0.4) is 0 Å². The molecule has 2 aromatic rings. The summed E-state index contributed by atoms with van der Waals surface area (Å²) in [5, 5.41) is 2.78. The number of halogens is 3. The van der Waals surface area contributed by atoms with Gasteiger partial charge in [-0.2, -0.15) is 0 Å². The van der Waals surface area contributed by atoms with Gasteiger partial charge in [-0.3, -0.25) is 4.79 Å². The second-order valence-electron chi connectivity index (χ2n) is 4.74. The summed E-state index contributed by atoms with van der Waals surface area (Å²) >= 11 is 11.5. The van der Waals surface area contributed by atoms with Gasteiger partial charge in [-0.1, -0.05) is 29.3 Å². The first kappa shape index (κ1) is 18.7. The maximum absolute atomic E-state index is 12.9. The molecular formula is C15H13Cl2FN2O3S. The molecule has 0 aliphatic rings. The van der Waals surface area contributed by atoms with E-state index in [0.29, 0.717) is 5.02 Å². The van der Waals surface area contributed by atoms with E-state index in [9.17, 15) is 17.6 Å². The van der Waals surface area contributed by atoms with Crippen LogP contribution in [0.15, 0.2) is 47.4 Å². The molecule has 0 radical (unpaired) electrons. The molecule has 0 saturated heterocycles. The van der Waals surface area contributed by atoms with Crippen LogP contribution in [0.25, 0.3) is 0 Å². The summed E-state index contributed by atoms with van der Waals surface area (Å²) in [6, 6.07) is 9.21. The summed E-state index contributed by atoms with van der Waals surface area (Å²) in [6.45, 7) is 0.00569. The first-order valence-electron chi connectivity index (χ1n) is 6.78. The molecule has 0 aromatic heterocycles. The van der Waals surface area contributed by atoms with Crippen LogP contribution in [0.5, 0.6) is 0 Å². The molecule has 1 amide bonds. The maximum atomic E-state index is 12.9. The highest BCUT2D eigenvalue weighted by molar-refractivity contribution is 7.89. The third kappa shape index (κ3) is 4.91. The lowest BCUT2D eigenvalue weighted by atomic mass is 10.2. The Labute approximate surface area is 148 Å². The van der Waals surface area contributed by atoms with Gasteiger partial charge in [0.15, 0.2) is 0 Å². The molecule has 2 aromatic carbocycles. The molecule has 0 atom stereocenters. The molecule has 0 spiro atoms. The molecule has 24 heavy (non-hydrogen) atoms. The van der Waals surface area contributed by atoms with E-state index in [1.54, 1.807) is 6.07 Å². The molecule has 5 nitrogen and oxygen atoms in total. The van der Waals surface area contributed by atoms with Gasteiger partial charge >= 0.3 is 0 Å². The van der Waals surface area contributed by atoms with Crippen molar-refractivity contribution in [3.8, 4) is 0 Å². The van der Waals surface area contributed by atoms with E-state index in [1.807, 2.05) is 0 Å². The van der Waals surface area contributed by atoms with E-state index in [2.05, 4.69) is 10.0 Å². The van der Waals surface area contributed by atoms with E-state index in [-0.39, 0.29) is 28.6 Å². The summed E-state index contributed by atoms with van der Waals surface area (Å²) in [7, 11) is -3.72. The zero-order valence-corrected chi connectivity index (χ0v) is 14.6. The predicted octanol–water partition coefficient (Wildman–Crippen LogP) is 2.84. The first-order chi connectivity index (χ1) is 11.3. The van der Waals surface area contributed by atoms with Crippen molar-refractivity contribution in [1.82, 2.24) is 10.0 Å². The van der Waals surface area contributed by atoms with E-state index < -0.39 is 21.7 Å². The van der Waals surface area contributed by atoms with Gasteiger partial charge in [0.1, 0.15) is 5.82 Å². The van der Waals surface area contributed by atoms with Crippen molar-refractivity contribution in [1.29, 1.82) is 0 Å². The van der Waals surface area contributed by atoms with Gasteiger partial charge in [0.25, 0.3) is 5.91 Å². The number of hydrogen-bond donors (Lipinski definition) is 2. The Morgan fingerprint density at radius 3 is 2.50 bits per heavy atom. The van der Waals surface area contributed by atoms with Gasteiger partial charge in [0, 0.05) is 18.1 Å². The third-order valence-electron chi connectivity index (χ3n) is 2.98. The fourth-order valence-electron chi connectivity index (χ4n) is 1.85. The van der Waals surface area contributed by atoms with Gasteiger partial charge in [-0.05, 0) is 36.4 Å². The highest BCUT2D eigenvalue weighted by atomic mass is 35.5. The average Bonchev–Trinajstić information content (AvgIpc) is 2.51. The SMILES string of the molecule is O=C(NCCNS(=O)(=O)c1cccc(Cl)c1)c1ccc(F)cc1Cl. The Hall–Kier alpha value is -1.67. The van der Waals surface area contributed by atoms with Gasteiger partial charge in [0.2, 0.25) is 10.0 Å². The zero-order chi connectivity index (χ0) is 17.7. The minimum Gasteiger partial charge on any atom is -0.351 e. The Bertz CT molecular complexity index is 860. The van der Waals surface area contributed by atoms with E-state index in [1.165, 1.54) is 24.3 Å². The van der Waals surface area contributed by atoms with Crippen LogP contribution in [0.2, 0.25) is 10.0 Å². The van der Waals surface area contributed by atoms with Crippen molar-refractivity contribution in [2.45, 2.75) is 4.90 Å². The lowest BCUT2D eigenvalue weighted by Gasteiger charge is -2.09. The summed E-state index contributed by atoms with van der Waals surface area (Å²) in [5.74, 6) is -1.08. The van der Waals surface area contributed by atoms with Gasteiger partial charge < -0.3 is 5.32 Å². The molecule has 0 bridgehead atoms. The molecule has 128 valence electrons. The van der Waals surface area contributed by atoms with Crippen molar-refractivity contribution in [2.24, 2.45) is 0 Å². The van der Waals surface area contributed by atoms with E-state index in [0.717, 1.165) is 12.1 Å².